The Morgan fingerprint density at radius 3 is 2.32 bits per heavy atom. The number of piperidine rings is 1. The van der Waals surface area contributed by atoms with Gasteiger partial charge in [0.25, 0.3) is 5.92 Å². The molecule has 4 nitrogen and oxygen atoms in total. The number of hydrogen-bond acceptors (Lipinski definition) is 4. The molecule has 0 bridgehead atoms. The lowest BCUT2D eigenvalue weighted by atomic mass is 10.1. The van der Waals surface area contributed by atoms with Gasteiger partial charge >= 0.3 is 6.18 Å². The van der Waals surface area contributed by atoms with E-state index in [1.54, 1.807) is 0 Å². The van der Waals surface area contributed by atoms with Crippen molar-refractivity contribution in [3.8, 4) is 0 Å². The van der Waals surface area contributed by atoms with Crippen LogP contribution in [0.5, 0.6) is 0 Å². The molecule has 1 aliphatic carbocycles. The summed E-state index contributed by atoms with van der Waals surface area (Å²) in [7, 11) is -2.76. The van der Waals surface area contributed by atoms with Crippen LogP contribution < -0.4 is 4.90 Å². The minimum absolute atomic E-state index is 0.0888. The summed E-state index contributed by atoms with van der Waals surface area (Å²) in [5.74, 6) is -2.83. The molecule has 0 N–H and O–H groups in total. The third-order valence-corrected chi connectivity index (χ3v) is 7.82. The van der Waals surface area contributed by atoms with Crippen molar-refractivity contribution in [1.29, 1.82) is 0 Å². The highest BCUT2D eigenvalue weighted by atomic mass is 32.2. The van der Waals surface area contributed by atoms with E-state index in [1.165, 1.54) is 18.1 Å². The summed E-state index contributed by atoms with van der Waals surface area (Å²) in [5, 5.41) is -0.932. The minimum atomic E-state index is -4.88. The van der Waals surface area contributed by atoms with Crippen LogP contribution in [0, 0.1) is 0 Å². The van der Waals surface area contributed by atoms with Gasteiger partial charge in [0.15, 0.2) is 9.84 Å². The molecule has 2 fully saturated rings. The lowest BCUT2D eigenvalue weighted by molar-refractivity contribution is -0.139. The van der Waals surface area contributed by atoms with Crippen LogP contribution in [0.3, 0.4) is 0 Å². The molecule has 0 aromatic heterocycles. The van der Waals surface area contributed by atoms with E-state index in [-0.39, 0.29) is 37.7 Å². The lowest BCUT2D eigenvalue weighted by Crippen LogP contribution is -2.39. The smallest absolute Gasteiger partial charge is 0.381 e. The maximum absolute atomic E-state index is 13.7. The Morgan fingerprint density at radius 1 is 1.14 bits per heavy atom. The SMILES string of the molecule is CO[C@H]1CC[C@H](S(=O)(=O)c2ccc(N3CCC(F)(F)CC3)cc2C(F)(F)F)C1. The van der Waals surface area contributed by atoms with Crippen molar-refractivity contribution in [3.63, 3.8) is 0 Å². The van der Waals surface area contributed by atoms with Crippen molar-refractivity contribution in [2.45, 2.75) is 60.5 Å². The van der Waals surface area contributed by atoms with Gasteiger partial charge in [-0.15, -0.1) is 0 Å². The maximum atomic E-state index is 13.7. The first-order valence-electron chi connectivity index (χ1n) is 9.05. The summed E-state index contributed by atoms with van der Waals surface area (Å²) in [6, 6.07) is 2.99. The quantitative estimate of drug-likeness (QED) is 0.673. The molecule has 1 heterocycles. The molecule has 1 aromatic carbocycles. The summed E-state index contributed by atoms with van der Waals surface area (Å²) in [6.07, 6.45) is -5.20. The van der Waals surface area contributed by atoms with Gasteiger partial charge in [-0.2, -0.15) is 13.2 Å². The van der Waals surface area contributed by atoms with Crippen molar-refractivity contribution in [3.05, 3.63) is 23.8 Å². The van der Waals surface area contributed by atoms with Crippen molar-refractivity contribution >= 4 is 15.5 Å². The van der Waals surface area contributed by atoms with E-state index in [0.717, 1.165) is 12.1 Å². The second-order valence-electron chi connectivity index (χ2n) is 7.36. The molecule has 28 heavy (non-hydrogen) atoms. The third-order valence-electron chi connectivity index (χ3n) is 5.54. The average molecular weight is 427 g/mol. The molecule has 3 rings (SSSR count). The van der Waals surface area contributed by atoms with Gasteiger partial charge in [-0.1, -0.05) is 0 Å². The molecule has 1 aliphatic heterocycles. The Balaban J connectivity index is 1.94. The molecule has 2 aliphatic rings. The van der Waals surface area contributed by atoms with E-state index in [9.17, 15) is 30.4 Å². The number of rotatable bonds is 4. The molecular weight excluding hydrogens is 405 g/mol. The molecule has 158 valence electrons. The molecule has 0 unspecified atom stereocenters. The van der Waals surface area contributed by atoms with Crippen LogP contribution in [0.15, 0.2) is 23.1 Å². The van der Waals surface area contributed by atoms with E-state index < -0.39 is 50.5 Å². The number of benzene rings is 1. The molecule has 2 atom stereocenters. The largest absolute Gasteiger partial charge is 0.417 e. The summed E-state index contributed by atoms with van der Waals surface area (Å²) in [5.41, 5.74) is -1.15. The van der Waals surface area contributed by atoms with Crippen molar-refractivity contribution in [1.82, 2.24) is 0 Å². The molecule has 0 radical (unpaired) electrons. The molecular formula is C18H22F5NO3S. The molecule has 0 spiro atoms. The zero-order valence-electron chi connectivity index (χ0n) is 15.3. The minimum Gasteiger partial charge on any atom is -0.381 e. The van der Waals surface area contributed by atoms with Gasteiger partial charge in [-0.25, -0.2) is 17.2 Å². The van der Waals surface area contributed by atoms with Crippen molar-refractivity contribution in [2.24, 2.45) is 0 Å². The van der Waals surface area contributed by atoms with E-state index in [2.05, 4.69) is 0 Å². The Hall–Kier alpha value is -1.42. The number of methoxy groups -OCH3 is 1. The number of halogens is 5. The fraction of sp³-hybridized carbons (Fsp3) is 0.667. The Morgan fingerprint density at radius 2 is 1.79 bits per heavy atom. The first-order valence-corrected chi connectivity index (χ1v) is 10.6. The number of hydrogen-bond donors (Lipinski definition) is 0. The Kier molecular flexibility index (Phi) is 5.66. The number of ether oxygens (including phenoxy) is 1. The number of anilines is 1. The Labute approximate surface area is 160 Å². The number of alkyl halides is 5. The van der Waals surface area contributed by atoms with E-state index >= 15 is 0 Å². The maximum Gasteiger partial charge on any atom is 0.417 e. The number of nitrogens with zero attached hydrogens (tertiary/aromatic N) is 1. The number of sulfone groups is 1. The summed E-state index contributed by atoms with van der Waals surface area (Å²) in [4.78, 5) is 0.674. The van der Waals surface area contributed by atoms with Gasteiger partial charge in [0, 0.05) is 38.7 Å². The van der Waals surface area contributed by atoms with E-state index in [4.69, 9.17) is 4.74 Å². The van der Waals surface area contributed by atoms with Gasteiger partial charge in [0.1, 0.15) is 0 Å². The van der Waals surface area contributed by atoms with Crippen LogP contribution in [-0.2, 0) is 20.8 Å². The van der Waals surface area contributed by atoms with Gasteiger partial charge in [-0.3, -0.25) is 0 Å². The molecule has 1 saturated carbocycles. The predicted octanol–water partition coefficient (Wildman–Crippen LogP) is 4.28. The monoisotopic (exact) mass is 427 g/mol. The third kappa shape index (κ3) is 4.27. The standard InChI is InChI=1S/C18H22F5NO3S/c1-27-13-3-4-14(11-13)28(25,26)16-5-2-12(10-15(16)18(21,22)23)24-8-6-17(19,20)7-9-24/h2,5,10,13-14H,3-4,6-9,11H2,1H3/t13-,14-/m0/s1. The molecule has 0 amide bonds. The normalized spacial score (nSPS) is 25.9. The predicted molar refractivity (Wildman–Crippen MR) is 93.5 cm³/mol. The van der Waals surface area contributed by atoms with Crippen LogP contribution >= 0.6 is 0 Å². The van der Waals surface area contributed by atoms with Crippen LogP contribution in [0.2, 0.25) is 0 Å². The highest BCUT2D eigenvalue weighted by Gasteiger charge is 2.43. The molecule has 1 saturated heterocycles. The van der Waals surface area contributed by atoms with E-state index in [0.29, 0.717) is 6.42 Å². The zero-order chi connectivity index (χ0) is 20.7. The summed E-state index contributed by atoms with van der Waals surface area (Å²) in [6.45, 7) is -0.178. The van der Waals surface area contributed by atoms with Gasteiger partial charge < -0.3 is 9.64 Å². The highest BCUT2D eigenvalue weighted by molar-refractivity contribution is 7.92. The van der Waals surface area contributed by atoms with Crippen LogP contribution in [0.4, 0.5) is 27.6 Å². The summed E-state index contributed by atoms with van der Waals surface area (Å²) < 4.78 is 98.5. The van der Waals surface area contributed by atoms with Gasteiger partial charge in [0.05, 0.1) is 21.8 Å². The fourth-order valence-electron chi connectivity index (χ4n) is 3.85. The molecule has 10 heteroatoms. The van der Waals surface area contributed by atoms with Gasteiger partial charge in [-0.05, 0) is 37.5 Å². The topological polar surface area (TPSA) is 46.6 Å². The first-order chi connectivity index (χ1) is 12.9. The first kappa shape index (κ1) is 21.3. The Bertz CT molecular complexity index is 815. The van der Waals surface area contributed by atoms with Crippen LogP contribution in [0.1, 0.15) is 37.7 Å². The summed E-state index contributed by atoms with van der Waals surface area (Å²) >= 11 is 0. The van der Waals surface area contributed by atoms with Crippen LogP contribution in [-0.4, -0.2) is 45.9 Å². The van der Waals surface area contributed by atoms with Crippen molar-refractivity contribution in [2.75, 3.05) is 25.1 Å². The zero-order valence-corrected chi connectivity index (χ0v) is 16.1. The van der Waals surface area contributed by atoms with Gasteiger partial charge in [0.2, 0.25) is 0 Å². The average Bonchev–Trinajstić information content (AvgIpc) is 3.10. The highest BCUT2D eigenvalue weighted by Crippen LogP contribution is 2.41. The second-order valence-corrected chi connectivity index (χ2v) is 9.56. The van der Waals surface area contributed by atoms with Crippen LogP contribution in [0.25, 0.3) is 0 Å². The van der Waals surface area contributed by atoms with Crippen molar-refractivity contribution < 1.29 is 35.1 Å². The molecule has 1 aromatic rings. The lowest BCUT2D eigenvalue weighted by Gasteiger charge is -2.34. The second kappa shape index (κ2) is 7.44. The fourth-order valence-corrected chi connectivity index (χ4v) is 5.86. The van der Waals surface area contributed by atoms with E-state index in [1.807, 2.05) is 0 Å².